The topological polar surface area (TPSA) is 69.6 Å². The first-order chi connectivity index (χ1) is 9.99. The summed E-state index contributed by atoms with van der Waals surface area (Å²) >= 11 is 0. The molecule has 1 unspecified atom stereocenters. The summed E-state index contributed by atoms with van der Waals surface area (Å²) in [4.78, 5) is 25.1. The lowest BCUT2D eigenvalue weighted by atomic mass is 10.1. The summed E-state index contributed by atoms with van der Waals surface area (Å²) in [5, 5.41) is 11.3. The van der Waals surface area contributed by atoms with Gasteiger partial charge in [-0.2, -0.15) is 0 Å². The monoisotopic (exact) mass is 298 g/mol. The first-order valence-corrected chi connectivity index (χ1v) is 6.62. The minimum atomic E-state index is -0.850. The molecule has 1 aliphatic rings. The van der Waals surface area contributed by atoms with Crippen molar-refractivity contribution in [2.24, 2.45) is 5.92 Å². The van der Waals surface area contributed by atoms with Crippen molar-refractivity contribution in [3.63, 3.8) is 0 Å². The van der Waals surface area contributed by atoms with Crippen molar-refractivity contribution in [2.45, 2.75) is 6.42 Å². The first kappa shape index (κ1) is 15.4. The molecule has 2 rings (SSSR count). The highest BCUT2D eigenvalue weighted by Gasteiger charge is 2.25. The number of aliphatic hydroxyl groups excluding tert-OH is 1. The smallest absolute Gasteiger partial charge is 0.251 e. The van der Waals surface area contributed by atoms with Crippen molar-refractivity contribution in [3.8, 4) is 0 Å². The molecule has 1 heterocycles. The van der Waals surface area contributed by atoms with Gasteiger partial charge < -0.3 is 15.3 Å². The molecule has 1 aliphatic heterocycles. The van der Waals surface area contributed by atoms with Crippen LogP contribution in [0.5, 0.6) is 0 Å². The third kappa shape index (κ3) is 3.98. The van der Waals surface area contributed by atoms with Crippen molar-refractivity contribution in [3.05, 3.63) is 35.4 Å². The van der Waals surface area contributed by atoms with Crippen LogP contribution in [0.15, 0.2) is 18.2 Å². The van der Waals surface area contributed by atoms with E-state index in [-0.39, 0.29) is 30.5 Å². The number of nitrogens with zero attached hydrogens (tertiary/aromatic N) is 1. The van der Waals surface area contributed by atoms with Gasteiger partial charge in [0.15, 0.2) is 0 Å². The fourth-order valence-corrected chi connectivity index (χ4v) is 2.26. The van der Waals surface area contributed by atoms with Crippen molar-refractivity contribution >= 4 is 11.8 Å². The van der Waals surface area contributed by atoms with E-state index in [2.05, 4.69) is 5.32 Å². The summed E-state index contributed by atoms with van der Waals surface area (Å²) in [6, 6.07) is 2.47. The van der Waals surface area contributed by atoms with E-state index >= 15 is 0 Å². The van der Waals surface area contributed by atoms with Gasteiger partial charge in [0.1, 0.15) is 11.6 Å². The second-order valence-electron chi connectivity index (χ2n) is 5.02. The minimum absolute atomic E-state index is 0.0265. The van der Waals surface area contributed by atoms with Gasteiger partial charge in [-0.25, -0.2) is 8.78 Å². The van der Waals surface area contributed by atoms with Crippen LogP contribution in [0.4, 0.5) is 8.78 Å². The van der Waals surface area contributed by atoms with Crippen LogP contribution in [0.25, 0.3) is 0 Å². The van der Waals surface area contributed by atoms with Gasteiger partial charge in [0, 0.05) is 37.2 Å². The van der Waals surface area contributed by atoms with E-state index in [9.17, 15) is 18.4 Å². The molecule has 0 saturated carbocycles. The lowest BCUT2D eigenvalue weighted by molar-refractivity contribution is -0.129. The Morgan fingerprint density at radius 1 is 1.29 bits per heavy atom. The number of hydrogen-bond acceptors (Lipinski definition) is 3. The number of benzene rings is 1. The molecule has 7 heteroatoms. The molecule has 0 aliphatic carbocycles. The van der Waals surface area contributed by atoms with Crippen LogP contribution in [-0.4, -0.2) is 48.1 Å². The fraction of sp³-hybridized carbons (Fsp3) is 0.429. The molecule has 0 aromatic heterocycles. The molecule has 0 spiro atoms. The second kappa shape index (κ2) is 6.62. The van der Waals surface area contributed by atoms with Crippen LogP contribution in [0, 0.1) is 17.6 Å². The lowest BCUT2D eigenvalue weighted by Gasteiger charge is -2.16. The lowest BCUT2D eigenvalue weighted by Crippen LogP contribution is -2.39. The largest absolute Gasteiger partial charge is 0.396 e. The van der Waals surface area contributed by atoms with Crippen molar-refractivity contribution in [2.75, 3.05) is 26.2 Å². The van der Waals surface area contributed by atoms with Gasteiger partial charge in [-0.15, -0.1) is 0 Å². The Balaban J connectivity index is 1.87. The molecule has 1 atom stereocenters. The number of aliphatic hydroxyl groups is 1. The summed E-state index contributed by atoms with van der Waals surface area (Å²) in [7, 11) is 0. The van der Waals surface area contributed by atoms with Gasteiger partial charge in [-0.1, -0.05) is 0 Å². The zero-order valence-corrected chi connectivity index (χ0v) is 11.3. The van der Waals surface area contributed by atoms with E-state index in [0.717, 1.165) is 18.6 Å². The first-order valence-electron chi connectivity index (χ1n) is 6.62. The van der Waals surface area contributed by atoms with Gasteiger partial charge in [0.05, 0.1) is 6.54 Å². The van der Waals surface area contributed by atoms with Crippen molar-refractivity contribution in [1.82, 2.24) is 10.2 Å². The van der Waals surface area contributed by atoms with E-state index in [1.807, 2.05) is 0 Å². The maximum atomic E-state index is 13.0. The van der Waals surface area contributed by atoms with E-state index in [4.69, 9.17) is 5.11 Å². The molecule has 5 nitrogen and oxygen atoms in total. The predicted octanol–water partition coefficient (Wildman–Crippen LogP) is 0.535. The van der Waals surface area contributed by atoms with Gasteiger partial charge in [0.2, 0.25) is 5.91 Å². The van der Waals surface area contributed by atoms with Crippen LogP contribution in [0.1, 0.15) is 16.8 Å². The summed E-state index contributed by atoms with van der Waals surface area (Å²) in [6.07, 6.45) is 0.727. The number of likely N-dealkylation sites (tertiary alicyclic amines) is 1. The Morgan fingerprint density at radius 3 is 2.52 bits per heavy atom. The van der Waals surface area contributed by atoms with Crippen LogP contribution in [0.2, 0.25) is 0 Å². The van der Waals surface area contributed by atoms with Gasteiger partial charge in [-0.3, -0.25) is 9.59 Å². The standard InChI is InChI=1S/C14H16F2N2O3/c15-11-3-10(4-12(16)5-11)14(21)17-6-13(20)18-2-1-9(7-18)8-19/h3-5,9,19H,1-2,6-8H2,(H,17,21). The van der Waals surface area contributed by atoms with E-state index in [0.29, 0.717) is 19.2 Å². The Bertz CT molecular complexity index is 531. The molecule has 1 saturated heterocycles. The average Bonchev–Trinajstić information content (AvgIpc) is 2.92. The molecule has 2 N–H and O–H groups in total. The summed E-state index contributed by atoms with van der Waals surface area (Å²) < 4.78 is 26.0. The Morgan fingerprint density at radius 2 is 1.95 bits per heavy atom. The van der Waals surface area contributed by atoms with Crippen molar-refractivity contribution in [1.29, 1.82) is 0 Å². The van der Waals surface area contributed by atoms with E-state index < -0.39 is 17.5 Å². The molecule has 1 aromatic rings. The van der Waals surface area contributed by atoms with E-state index in [1.165, 1.54) is 0 Å². The highest BCUT2D eigenvalue weighted by Crippen LogP contribution is 2.15. The zero-order chi connectivity index (χ0) is 15.4. The molecular formula is C14H16F2N2O3. The van der Waals surface area contributed by atoms with Crippen LogP contribution >= 0.6 is 0 Å². The summed E-state index contributed by atoms with van der Waals surface area (Å²) in [5.41, 5.74) is -0.171. The Labute approximate surface area is 120 Å². The van der Waals surface area contributed by atoms with E-state index in [1.54, 1.807) is 4.90 Å². The number of rotatable bonds is 4. The number of hydrogen-bond donors (Lipinski definition) is 2. The van der Waals surface area contributed by atoms with Crippen LogP contribution in [-0.2, 0) is 4.79 Å². The maximum absolute atomic E-state index is 13.0. The third-order valence-corrected chi connectivity index (χ3v) is 3.42. The number of halogens is 2. The predicted molar refractivity (Wildman–Crippen MR) is 70.5 cm³/mol. The number of carbonyl (C=O) groups is 2. The molecule has 1 aromatic carbocycles. The van der Waals surface area contributed by atoms with Gasteiger partial charge in [0.25, 0.3) is 5.91 Å². The third-order valence-electron chi connectivity index (χ3n) is 3.42. The highest BCUT2D eigenvalue weighted by molar-refractivity contribution is 5.96. The molecule has 1 fully saturated rings. The molecule has 114 valence electrons. The molecular weight excluding hydrogens is 282 g/mol. The summed E-state index contributed by atoms with van der Waals surface area (Å²) in [6.45, 7) is 0.780. The van der Waals surface area contributed by atoms with Crippen LogP contribution < -0.4 is 5.32 Å². The maximum Gasteiger partial charge on any atom is 0.251 e. The SMILES string of the molecule is O=C(NCC(=O)N1CCC(CO)C1)c1cc(F)cc(F)c1. The quantitative estimate of drug-likeness (QED) is 0.852. The number of amides is 2. The Kier molecular flexibility index (Phi) is 4.85. The molecule has 21 heavy (non-hydrogen) atoms. The second-order valence-corrected chi connectivity index (χ2v) is 5.02. The number of carbonyl (C=O) groups excluding carboxylic acids is 2. The normalized spacial score (nSPS) is 17.9. The average molecular weight is 298 g/mol. The molecule has 2 amide bonds. The van der Waals surface area contributed by atoms with Crippen molar-refractivity contribution < 1.29 is 23.5 Å². The molecule has 0 bridgehead atoms. The fourth-order valence-electron chi connectivity index (χ4n) is 2.26. The molecule has 0 radical (unpaired) electrons. The Hall–Kier alpha value is -2.02. The number of nitrogens with one attached hydrogen (secondary N) is 1. The minimum Gasteiger partial charge on any atom is -0.396 e. The van der Waals surface area contributed by atoms with Gasteiger partial charge >= 0.3 is 0 Å². The van der Waals surface area contributed by atoms with Gasteiger partial charge in [-0.05, 0) is 18.6 Å². The van der Waals surface area contributed by atoms with Crippen LogP contribution in [0.3, 0.4) is 0 Å². The summed E-state index contributed by atoms with van der Waals surface area (Å²) in [5.74, 6) is -2.62. The highest BCUT2D eigenvalue weighted by atomic mass is 19.1. The zero-order valence-electron chi connectivity index (χ0n) is 11.3.